The Morgan fingerprint density at radius 2 is 2.09 bits per heavy atom. The zero-order valence-electron chi connectivity index (χ0n) is 12.6. The summed E-state index contributed by atoms with van der Waals surface area (Å²) in [5, 5.41) is 14.5. The number of nitrogens with zero attached hydrogens (tertiary/aromatic N) is 3. The van der Waals surface area contributed by atoms with Crippen LogP contribution >= 0.6 is 0 Å². The van der Waals surface area contributed by atoms with Crippen LogP contribution in [0.4, 0.5) is 0 Å². The smallest absolute Gasteiger partial charge is 0.259 e. The first-order chi connectivity index (χ1) is 11.3. The lowest BCUT2D eigenvalue weighted by Gasteiger charge is -2.10. The Morgan fingerprint density at radius 1 is 1.26 bits per heavy atom. The van der Waals surface area contributed by atoms with Crippen LogP contribution in [0.15, 0.2) is 41.3 Å². The van der Waals surface area contributed by atoms with Crippen molar-refractivity contribution in [3.05, 3.63) is 52.4 Å². The standard InChI is InChI=1S/C18H16N4O/c19-11-12-4-3-5-13(10-12)17-16-15(8-9-20-18(16)23)22(21-17)14-6-1-2-7-14/h3-5,8-10,14H,1-2,6-7H2,(H,20,23). The summed E-state index contributed by atoms with van der Waals surface area (Å²) in [5.74, 6) is 0. The molecule has 0 radical (unpaired) electrons. The first-order valence-corrected chi connectivity index (χ1v) is 7.88. The second kappa shape index (κ2) is 5.40. The first-order valence-electron chi connectivity index (χ1n) is 7.88. The Hall–Kier alpha value is -2.87. The highest BCUT2D eigenvalue weighted by molar-refractivity contribution is 5.92. The molecule has 1 aliphatic rings. The molecular formula is C18H16N4O. The number of pyridine rings is 1. The number of hydrogen-bond acceptors (Lipinski definition) is 3. The first kappa shape index (κ1) is 13.8. The van der Waals surface area contributed by atoms with Crippen molar-refractivity contribution < 1.29 is 0 Å². The van der Waals surface area contributed by atoms with E-state index in [9.17, 15) is 4.79 Å². The fraction of sp³-hybridized carbons (Fsp3) is 0.278. The summed E-state index contributed by atoms with van der Waals surface area (Å²) in [4.78, 5) is 15.1. The molecule has 0 saturated heterocycles. The molecule has 0 unspecified atom stereocenters. The molecular weight excluding hydrogens is 288 g/mol. The van der Waals surface area contributed by atoms with Gasteiger partial charge in [0.2, 0.25) is 0 Å². The molecule has 1 aliphatic carbocycles. The van der Waals surface area contributed by atoms with E-state index in [0.717, 1.165) is 23.9 Å². The van der Waals surface area contributed by atoms with Gasteiger partial charge in [-0.25, -0.2) is 0 Å². The third-order valence-corrected chi connectivity index (χ3v) is 4.57. The fourth-order valence-corrected chi connectivity index (χ4v) is 3.46. The van der Waals surface area contributed by atoms with Crippen LogP contribution in [0, 0.1) is 11.3 Å². The van der Waals surface area contributed by atoms with Gasteiger partial charge >= 0.3 is 0 Å². The van der Waals surface area contributed by atoms with Crippen molar-refractivity contribution in [2.75, 3.05) is 0 Å². The van der Waals surface area contributed by atoms with Crippen LogP contribution in [0.1, 0.15) is 37.3 Å². The summed E-state index contributed by atoms with van der Waals surface area (Å²) in [6.45, 7) is 0. The number of nitriles is 1. The van der Waals surface area contributed by atoms with Gasteiger partial charge in [-0.05, 0) is 31.0 Å². The van der Waals surface area contributed by atoms with Gasteiger partial charge in [-0.2, -0.15) is 10.4 Å². The molecule has 23 heavy (non-hydrogen) atoms. The molecule has 0 atom stereocenters. The number of benzene rings is 1. The van der Waals surface area contributed by atoms with Crippen LogP contribution in [0.2, 0.25) is 0 Å². The Bertz CT molecular complexity index is 971. The van der Waals surface area contributed by atoms with Crippen molar-refractivity contribution in [2.24, 2.45) is 0 Å². The molecule has 0 aliphatic heterocycles. The molecule has 5 heteroatoms. The van der Waals surface area contributed by atoms with Crippen molar-refractivity contribution in [1.82, 2.24) is 14.8 Å². The highest BCUT2D eigenvalue weighted by Crippen LogP contribution is 2.34. The maximum absolute atomic E-state index is 12.4. The summed E-state index contributed by atoms with van der Waals surface area (Å²) >= 11 is 0. The molecule has 5 nitrogen and oxygen atoms in total. The minimum absolute atomic E-state index is 0.135. The van der Waals surface area contributed by atoms with Gasteiger partial charge in [0.1, 0.15) is 5.69 Å². The molecule has 4 rings (SSSR count). The predicted molar refractivity (Wildman–Crippen MR) is 88.0 cm³/mol. The predicted octanol–water partition coefficient (Wildman–Crippen LogP) is 3.38. The van der Waals surface area contributed by atoms with Crippen LogP contribution in [0.25, 0.3) is 22.2 Å². The second-order valence-corrected chi connectivity index (χ2v) is 5.99. The van der Waals surface area contributed by atoms with Crippen LogP contribution in [-0.4, -0.2) is 14.8 Å². The average molecular weight is 304 g/mol. The normalized spacial score (nSPS) is 15.1. The molecule has 114 valence electrons. The molecule has 1 N–H and O–H groups in total. The third kappa shape index (κ3) is 2.23. The van der Waals surface area contributed by atoms with Gasteiger partial charge in [0.15, 0.2) is 0 Å². The summed E-state index contributed by atoms with van der Waals surface area (Å²) in [7, 11) is 0. The van der Waals surface area contributed by atoms with Gasteiger partial charge in [0, 0.05) is 11.8 Å². The Morgan fingerprint density at radius 3 is 2.87 bits per heavy atom. The summed E-state index contributed by atoms with van der Waals surface area (Å²) < 4.78 is 2.01. The number of hydrogen-bond donors (Lipinski definition) is 1. The molecule has 1 saturated carbocycles. The summed E-state index contributed by atoms with van der Waals surface area (Å²) in [6, 6.07) is 11.7. The van der Waals surface area contributed by atoms with Crippen LogP contribution in [-0.2, 0) is 0 Å². The third-order valence-electron chi connectivity index (χ3n) is 4.57. The zero-order valence-corrected chi connectivity index (χ0v) is 12.6. The maximum atomic E-state index is 12.4. The molecule has 2 heterocycles. The molecule has 1 aromatic carbocycles. The quantitative estimate of drug-likeness (QED) is 0.788. The SMILES string of the molecule is N#Cc1cccc(-c2nn(C3CCCC3)c3cc[nH]c(=O)c23)c1. The van der Waals surface area contributed by atoms with Crippen molar-refractivity contribution in [2.45, 2.75) is 31.7 Å². The Kier molecular flexibility index (Phi) is 3.23. The van der Waals surface area contributed by atoms with Crippen LogP contribution in [0.5, 0.6) is 0 Å². The number of aromatic amines is 1. The molecule has 0 bridgehead atoms. The molecule has 1 fully saturated rings. The van der Waals surface area contributed by atoms with Crippen molar-refractivity contribution in [1.29, 1.82) is 5.26 Å². The van der Waals surface area contributed by atoms with E-state index in [4.69, 9.17) is 10.4 Å². The van der Waals surface area contributed by atoms with Crippen molar-refractivity contribution in [3.63, 3.8) is 0 Å². The van der Waals surface area contributed by atoms with E-state index in [2.05, 4.69) is 11.1 Å². The Balaban J connectivity index is 1.99. The number of H-pyrrole nitrogens is 1. The van der Waals surface area contributed by atoms with Gasteiger partial charge < -0.3 is 4.98 Å². The summed E-state index contributed by atoms with van der Waals surface area (Å²) in [6.07, 6.45) is 6.28. The number of fused-ring (bicyclic) bond motifs is 1. The number of aromatic nitrogens is 3. The molecule has 0 amide bonds. The van der Waals surface area contributed by atoms with Gasteiger partial charge in [-0.3, -0.25) is 9.48 Å². The van der Waals surface area contributed by atoms with Gasteiger partial charge in [-0.15, -0.1) is 0 Å². The maximum Gasteiger partial charge on any atom is 0.259 e. The minimum Gasteiger partial charge on any atom is -0.328 e. The molecule has 2 aromatic heterocycles. The fourth-order valence-electron chi connectivity index (χ4n) is 3.46. The average Bonchev–Trinajstić information content (AvgIpc) is 3.23. The van der Waals surface area contributed by atoms with E-state index in [1.54, 1.807) is 18.3 Å². The Labute approximate surface area is 133 Å². The van der Waals surface area contributed by atoms with E-state index < -0.39 is 0 Å². The van der Waals surface area contributed by atoms with E-state index >= 15 is 0 Å². The highest BCUT2D eigenvalue weighted by atomic mass is 16.1. The van der Waals surface area contributed by atoms with E-state index in [-0.39, 0.29) is 5.56 Å². The van der Waals surface area contributed by atoms with Gasteiger partial charge in [-0.1, -0.05) is 25.0 Å². The molecule has 3 aromatic rings. The minimum atomic E-state index is -0.135. The lowest BCUT2D eigenvalue weighted by atomic mass is 10.1. The highest BCUT2D eigenvalue weighted by Gasteiger charge is 2.23. The number of nitrogens with one attached hydrogen (secondary N) is 1. The van der Waals surface area contributed by atoms with E-state index in [0.29, 0.717) is 22.7 Å². The van der Waals surface area contributed by atoms with E-state index in [1.807, 2.05) is 22.9 Å². The van der Waals surface area contributed by atoms with Crippen LogP contribution in [0.3, 0.4) is 0 Å². The lowest BCUT2D eigenvalue weighted by Crippen LogP contribution is -2.08. The zero-order chi connectivity index (χ0) is 15.8. The largest absolute Gasteiger partial charge is 0.328 e. The monoisotopic (exact) mass is 304 g/mol. The van der Waals surface area contributed by atoms with Gasteiger partial charge in [0.25, 0.3) is 5.56 Å². The lowest BCUT2D eigenvalue weighted by molar-refractivity contribution is 0.483. The second-order valence-electron chi connectivity index (χ2n) is 5.99. The summed E-state index contributed by atoms with van der Waals surface area (Å²) in [5.41, 5.74) is 2.77. The van der Waals surface area contributed by atoms with Gasteiger partial charge in [0.05, 0.1) is 28.6 Å². The number of rotatable bonds is 2. The van der Waals surface area contributed by atoms with Crippen molar-refractivity contribution in [3.8, 4) is 17.3 Å². The van der Waals surface area contributed by atoms with E-state index in [1.165, 1.54) is 12.8 Å². The van der Waals surface area contributed by atoms with Crippen LogP contribution < -0.4 is 5.56 Å². The molecule has 0 spiro atoms. The van der Waals surface area contributed by atoms with Crippen molar-refractivity contribution >= 4 is 10.9 Å². The topological polar surface area (TPSA) is 74.5 Å².